The van der Waals surface area contributed by atoms with Crippen LogP contribution in [0.4, 0.5) is 5.69 Å². The third kappa shape index (κ3) is 2.97. The van der Waals surface area contributed by atoms with E-state index in [-0.39, 0.29) is 11.8 Å². The molecular formula is C19H20N2O2. The van der Waals surface area contributed by atoms with Crippen molar-refractivity contribution in [1.82, 2.24) is 4.90 Å². The van der Waals surface area contributed by atoms with E-state index in [1.807, 2.05) is 54.6 Å². The van der Waals surface area contributed by atoms with E-state index in [4.69, 9.17) is 0 Å². The Bertz CT molecular complexity index is 725. The fraction of sp³-hybridized carbons (Fsp3) is 0.263. The summed E-state index contributed by atoms with van der Waals surface area (Å²) in [5.74, 6) is -0.891. The third-order valence-electron chi connectivity index (χ3n) is 4.19. The molecule has 23 heavy (non-hydrogen) atoms. The molecular weight excluding hydrogens is 288 g/mol. The zero-order valence-corrected chi connectivity index (χ0v) is 13.4. The molecule has 0 spiro atoms. The molecule has 1 atom stereocenters. The first kappa shape index (κ1) is 15.3. The second-order valence-electron chi connectivity index (χ2n) is 6.03. The molecule has 0 radical (unpaired) electrons. The van der Waals surface area contributed by atoms with E-state index in [2.05, 4.69) is 0 Å². The van der Waals surface area contributed by atoms with Gasteiger partial charge in [0.2, 0.25) is 11.8 Å². The Morgan fingerprint density at radius 3 is 2.43 bits per heavy atom. The topological polar surface area (TPSA) is 40.6 Å². The average Bonchev–Trinajstić information content (AvgIpc) is 2.57. The van der Waals surface area contributed by atoms with Crippen LogP contribution in [0.3, 0.4) is 0 Å². The predicted molar refractivity (Wildman–Crippen MR) is 90.0 cm³/mol. The maximum absolute atomic E-state index is 12.9. The van der Waals surface area contributed by atoms with Gasteiger partial charge in [0.05, 0.1) is 6.54 Å². The van der Waals surface area contributed by atoms with Crippen molar-refractivity contribution < 1.29 is 9.59 Å². The number of hydrogen-bond donors (Lipinski definition) is 0. The van der Waals surface area contributed by atoms with E-state index in [1.165, 1.54) is 4.90 Å². The van der Waals surface area contributed by atoms with Crippen LogP contribution in [0.1, 0.15) is 11.1 Å². The monoisotopic (exact) mass is 308 g/mol. The fourth-order valence-corrected chi connectivity index (χ4v) is 2.99. The number of amides is 2. The summed E-state index contributed by atoms with van der Waals surface area (Å²) in [4.78, 5) is 28.5. The molecule has 0 saturated heterocycles. The number of anilines is 1. The molecule has 2 aromatic carbocycles. The van der Waals surface area contributed by atoms with Gasteiger partial charge < -0.3 is 9.80 Å². The summed E-state index contributed by atoms with van der Waals surface area (Å²) in [6.45, 7) is 0.480. The first-order chi connectivity index (χ1) is 11.1. The molecule has 4 heteroatoms. The van der Waals surface area contributed by atoms with Gasteiger partial charge in [-0.3, -0.25) is 9.59 Å². The molecule has 1 unspecified atom stereocenters. The highest BCUT2D eigenvalue weighted by atomic mass is 16.2. The zero-order valence-electron chi connectivity index (χ0n) is 13.4. The molecule has 2 aromatic rings. The van der Waals surface area contributed by atoms with Crippen molar-refractivity contribution in [3.8, 4) is 0 Å². The number of hydrogen-bond acceptors (Lipinski definition) is 2. The molecule has 1 heterocycles. The molecule has 0 aliphatic carbocycles. The van der Waals surface area contributed by atoms with E-state index in [0.29, 0.717) is 13.0 Å². The number of para-hydroxylation sites is 1. The van der Waals surface area contributed by atoms with Gasteiger partial charge in [0.25, 0.3) is 0 Å². The van der Waals surface area contributed by atoms with Gasteiger partial charge in [-0.25, -0.2) is 0 Å². The summed E-state index contributed by atoms with van der Waals surface area (Å²) in [6, 6.07) is 17.7. The Morgan fingerprint density at radius 2 is 1.74 bits per heavy atom. The largest absolute Gasteiger partial charge is 0.348 e. The van der Waals surface area contributed by atoms with E-state index in [0.717, 1.165) is 16.8 Å². The van der Waals surface area contributed by atoms with Crippen LogP contribution in [-0.4, -0.2) is 30.8 Å². The first-order valence-corrected chi connectivity index (χ1v) is 7.72. The normalized spacial score (nSPS) is 16.9. The van der Waals surface area contributed by atoms with Gasteiger partial charge in [0.1, 0.15) is 5.92 Å². The Morgan fingerprint density at radius 1 is 1.09 bits per heavy atom. The minimum absolute atomic E-state index is 0.119. The summed E-state index contributed by atoms with van der Waals surface area (Å²) in [6.07, 6.45) is 0.470. The SMILES string of the molecule is CN(C)C(=O)C1Cc2ccccc2N(Cc2ccccc2)C1=O. The average molecular weight is 308 g/mol. The van der Waals surface area contributed by atoms with Crippen LogP contribution in [0, 0.1) is 5.92 Å². The Labute approximate surface area is 136 Å². The number of carbonyl (C=O) groups excluding carboxylic acids is 2. The number of carbonyl (C=O) groups is 2. The molecule has 118 valence electrons. The lowest BCUT2D eigenvalue weighted by Crippen LogP contribution is -2.47. The summed E-state index contributed by atoms with van der Waals surface area (Å²) in [7, 11) is 3.38. The van der Waals surface area contributed by atoms with Crippen molar-refractivity contribution in [2.75, 3.05) is 19.0 Å². The highest BCUT2D eigenvalue weighted by molar-refractivity contribution is 6.09. The summed E-state index contributed by atoms with van der Waals surface area (Å²) < 4.78 is 0. The fourth-order valence-electron chi connectivity index (χ4n) is 2.99. The van der Waals surface area contributed by atoms with Crippen LogP contribution in [0.5, 0.6) is 0 Å². The lowest BCUT2D eigenvalue weighted by molar-refractivity contribution is -0.139. The lowest BCUT2D eigenvalue weighted by atomic mass is 9.90. The van der Waals surface area contributed by atoms with Crippen molar-refractivity contribution in [3.63, 3.8) is 0 Å². The van der Waals surface area contributed by atoms with Gasteiger partial charge in [0.15, 0.2) is 0 Å². The van der Waals surface area contributed by atoms with Crippen molar-refractivity contribution in [2.24, 2.45) is 5.92 Å². The maximum atomic E-state index is 12.9. The van der Waals surface area contributed by atoms with Crippen LogP contribution in [0.2, 0.25) is 0 Å². The van der Waals surface area contributed by atoms with Gasteiger partial charge in [-0.15, -0.1) is 0 Å². The minimum atomic E-state index is -0.636. The standard InChI is InChI=1S/C19H20N2O2/c1-20(2)18(22)16-12-15-10-6-7-11-17(15)21(19(16)23)13-14-8-4-3-5-9-14/h3-11,16H,12-13H2,1-2H3. The second kappa shape index (κ2) is 6.24. The Balaban J connectivity index is 1.98. The van der Waals surface area contributed by atoms with Gasteiger partial charge >= 0.3 is 0 Å². The van der Waals surface area contributed by atoms with Gasteiger partial charge in [-0.05, 0) is 23.6 Å². The molecule has 2 amide bonds. The first-order valence-electron chi connectivity index (χ1n) is 7.72. The number of fused-ring (bicyclic) bond motifs is 1. The smallest absolute Gasteiger partial charge is 0.240 e. The molecule has 0 saturated carbocycles. The van der Waals surface area contributed by atoms with E-state index < -0.39 is 5.92 Å². The Hall–Kier alpha value is -2.62. The van der Waals surface area contributed by atoms with Crippen molar-refractivity contribution in [3.05, 3.63) is 65.7 Å². The molecule has 4 nitrogen and oxygen atoms in total. The summed E-state index contributed by atoms with van der Waals surface area (Å²) in [5, 5.41) is 0. The van der Waals surface area contributed by atoms with Crippen molar-refractivity contribution in [1.29, 1.82) is 0 Å². The number of rotatable bonds is 3. The van der Waals surface area contributed by atoms with Crippen molar-refractivity contribution in [2.45, 2.75) is 13.0 Å². The third-order valence-corrected chi connectivity index (χ3v) is 4.19. The molecule has 1 aliphatic heterocycles. The Kier molecular flexibility index (Phi) is 4.15. The number of benzene rings is 2. The van der Waals surface area contributed by atoms with Gasteiger partial charge in [0, 0.05) is 19.8 Å². The number of nitrogens with zero attached hydrogens (tertiary/aromatic N) is 2. The van der Waals surface area contributed by atoms with Crippen LogP contribution in [0.25, 0.3) is 0 Å². The summed E-state index contributed by atoms with van der Waals surface area (Å²) >= 11 is 0. The maximum Gasteiger partial charge on any atom is 0.240 e. The lowest BCUT2D eigenvalue weighted by Gasteiger charge is -2.34. The molecule has 1 aliphatic rings. The predicted octanol–water partition coefficient (Wildman–Crippen LogP) is 2.48. The molecule has 0 bridgehead atoms. The molecule has 0 aromatic heterocycles. The van der Waals surface area contributed by atoms with Crippen LogP contribution < -0.4 is 4.90 Å². The van der Waals surface area contributed by atoms with E-state index in [9.17, 15) is 9.59 Å². The second-order valence-corrected chi connectivity index (χ2v) is 6.03. The van der Waals surface area contributed by atoms with Gasteiger partial charge in [-0.1, -0.05) is 48.5 Å². The van der Waals surface area contributed by atoms with Crippen LogP contribution >= 0.6 is 0 Å². The van der Waals surface area contributed by atoms with Crippen molar-refractivity contribution >= 4 is 17.5 Å². The molecule has 0 fully saturated rings. The molecule has 0 N–H and O–H groups in total. The summed E-state index contributed by atoms with van der Waals surface area (Å²) in [5.41, 5.74) is 3.00. The molecule has 3 rings (SSSR count). The van der Waals surface area contributed by atoms with Crippen LogP contribution in [-0.2, 0) is 22.6 Å². The quantitative estimate of drug-likeness (QED) is 0.817. The zero-order chi connectivity index (χ0) is 16.4. The van der Waals surface area contributed by atoms with Crippen LogP contribution in [0.15, 0.2) is 54.6 Å². The highest BCUT2D eigenvalue weighted by Gasteiger charge is 2.37. The van der Waals surface area contributed by atoms with E-state index in [1.54, 1.807) is 19.0 Å². The van der Waals surface area contributed by atoms with E-state index >= 15 is 0 Å². The van der Waals surface area contributed by atoms with Gasteiger partial charge in [-0.2, -0.15) is 0 Å². The minimum Gasteiger partial charge on any atom is -0.348 e. The highest BCUT2D eigenvalue weighted by Crippen LogP contribution is 2.32.